The molecular formula is C23H19BrFN3O4S. The van der Waals surface area contributed by atoms with Crippen LogP contribution in [-0.2, 0) is 0 Å². The van der Waals surface area contributed by atoms with Gasteiger partial charge in [0.2, 0.25) is 0 Å². The van der Waals surface area contributed by atoms with Crippen LogP contribution in [-0.4, -0.2) is 31.5 Å². The predicted octanol–water partition coefficient (Wildman–Crippen LogP) is 5.15. The van der Waals surface area contributed by atoms with E-state index in [4.69, 9.17) is 26.4 Å². The van der Waals surface area contributed by atoms with Crippen LogP contribution in [0.4, 0.5) is 10.1 Å². The lowest BCUT2D eigenvalue weighted by Gasteiger charge is -2.11. The Labute approximate surface area is 203 Å². The highest BCUT2D eigenvalue weighted by Crippen LogP contribution is 2.29. The van der Waals surface area contributed by atoms with E-state index >= 15 is 0 Å². The average molecular weight is 532 g/mol. The monoisotopic (exact) mass is 531 g/mol. The molecule has 0 radical (unpaired) electrons. The Morgan fingerprint density at radius 3 is 2.39 bits per heavy atom. The van der Waals surface area contributed by atoms with Gasteiger partial charge < -0.3 is 19.5 Å². The van der Waals surface area contributed by atoms with Gasteiger partial charge in [0.15, 0.2) is 16.6 Å². The fourth-order valence-corrected chi connectivity index (χ4v) is 3.24. The molecule has 0 unspecified atom stereocenters. The number of carbonyl (C=O) groups excluding carboxylic acids is 1. The minimum absolute atomic E-state index is 0.205. The molecule has 0 aliphatic rings. The number of methoxy groups -OCH3 is 2. The minimum atomic E-state index is -0.575. The van der Waals surface area contributed by atoms with E-state index in [2.05, 4.69) is 31.8 Å². The van der Waals surface area contributed by atoms with Crippen LogP contribution in [0.1, 0.15) is 15.9 Å². The van der Waals surface area contributed by atoms with Crippen LogP contribution in [0.5, 0.6) is 17.2 Å². The Balaban J connectivity index is 1.70. The van der Waals surface area contributed by atoms with Crippen LogP contribution < -0.4 is 25.0 Å². The Morgan fingerprint density at radius 1 is 1.00 bits per heavy atom. The van der Waals surface area contributed by atoms with Crippen molar-refractivity contribution in [2.75, 3.05) is 19.5 Å². The molecule has 170 valence electrons. The zero-order chi connectivity index (χ0) is 23.8. The van der Waals surface area contributed by atoms with E-state index in [1.807, 2.05) is 0 Å². The van der Waals surface area contributed by atoms with E-state index < -0.39 is 5.97 Å². The lowest BCUT2D eigenvalue weighted by molar-refractivity contribution is 0.0734. The normalized spacial score (nSPS) is 10.5. The quantitative estimate of drug-likeness (QED) is 0.143. The molecule has 7 nitrogen and oxygen atoms in total. The smallest absolute Gasteiger partial charge is 0.343 e. The summed E-state index contributed by atoms with van der Waals surface area (Å²) in [6.45, 7) is 0. The molecule has 0 saturated heterocycles. The first-order valence-electron chi connectivity index (χ1n) is 9.49. The molecule has 0 amide bonds. The number of nitrogens with one attached hydrogen (secondary N) is 2. The number of anilines is 1. The highest BCUT2D eigenvalue weighted by Gasteiger charge is 2.15. The molecule has 0 fully saturated rings. The van der Waals surface area contributed by atoms with Gasteiger partial charge in [-0.1, -0.05) is 15.9 Å². The molecule has 0 aliphatic heterocycles. The van der Waals surface area contributed by atoms with Crippen molar-refractivity contribution in [3.05, 3.63) is 82.1 Å². The fourth-order valence-electron chi connectivity index (χ4n) is 2.69. The third-order valence-corrected chi connectivity index (χ3v) is 4.95. The lowest BCUT2D eigenvalue weighted by Crippen LogP contribution is -2.23. The van der Waals surface area contributed by atoms with Gasteiger partial charge in [-0.25, -0.2) is 9.18 Å². The van der Waals surface area contributed by atoms with Crippen molar-refractivity contribution in [3.63, 3.8) is 0 Å². The topological polar surface area (TPSA) is 81.2 Å². The van der Waals surface area contributed by atoms with Crippen LogP contribution in [0.2, 0.25) is 0 Å². The van der Waals surface area contributed by atoms with E-state index in [0.717, 1.165) is 4.47 Å². The average Bonchev–Trinajstić information content (AvgIpc) is 2.81. The van der Waals surface area contributed by atoms with Crippen LogP contribution >= 0.6 is 28.1 Å². The summed E-state index contributed by atoms with van der Waals surface area (Å²) < 4.78 is 29.8. The molecule has 0 aromatic heterocycles. The highest BCUT2D eigenvalue weighted by atomic mass is 79.9. The number of hydrogen-bond acceptors (Lipinski definition) is 6. The van der Waals surface area contributed by atoms with Crippen molar-refractivity contribution in [2.24, 2.45) is 5.10 Å². The number of thiocarbonyl (C=S) groups is 1. The maximum absolute atomic E-state index is 13.0. The maximum Gasteiger partial charge on any atom is 0.343 e. The first-order valence-corrected chi connectivity index (χ1v) is 10.7. The summed E-state index contributed by atoms with van der Waals surface area (Å²) in [6.07, 6.45) is 1.46. The van der Waals surface area contributed by atoms with E-state index in [9.17, 15) is 9.18 Å². The molecule has 0 spiro atoms. The number of benzene rings is 3. The molecule has 2 N–H and O–H groups in total. The summed E-state index contributed by atoms with van der Waals surface area (Å²) in [5, 5.41) is 7.17. The molecular weight excluding hydrogens is 513 g/mol. The molecule has 3 rings (SSSR count). The number of carbonyl (C=O) groups is 1. The van der Waals surface area contributed by atoms with E-state index in [0.29, 0.717) is 34.1 Å². The number of hydrazone groups is 1. The minimum Gasteiger partial charge on any atom is -0.493 e. The molecule has 0 aliphatic carbocycles. The molecule has 0 atom stereocenters. The van der Waals surface area contributed by atoms with Crippen molar-refractivity contribution in [2.45, 2.75) is 0 Å². The molecule has 0 saturated carbocycles. The van der Waals surface area contributed by atoms with Crippen LogP contribution in [0, 0.1) is 5.82 Å². The maximum atomic E-state index is 13.0. The molecule has 0 bridgehead atoms. The first kappa shape index (κ1) is 24.1. The lowest BCUT2D eigenvalue weighted by atomic mass is 10.2. The standard InChI is InChI=1S/C23H19BrFN3O4S/c1-30-20-9-3-14(12-21(20)31-2)22(29)32-19-10-4-16(24)11-15(19)13-26-28-23(33)27-18-7-5-17(25)6-8-18/h3-13H,1-2H3,(H2,27,28,33)/b26-13+. The Hall–Kier alpha value is -3.50. The Bertz CT molecular complexity index is 1190. The van der Waals surface area contributed by atoms with Crippen LogP contribution in [0.3, 0.4) is 0 Å². The zero-order valence-electron chi connectivity index (χ0n) is 17.6. The van der Waals surface area contributed by atoms with Gasteiger partial charge in [0.1, 0.15) is 11.6 Å². The third-order valence-electron chi connectivity index (χ3n) is 4.27. The van der Waals surface area contributed by atoms with Crippen molar-refractivity contribution >= 4 is 51.1 Å². The number of halogens is 2. The van der Waals surface area contributed by atoms with Gasteiger partial charge in [0.05, 0.1) is 26.0 Å². The van der Waals surface area contributed by atoms with E-state index in [1.54, 1.807) is 42.5 Å². The second-order valence-corrected chi connectivity index (χ2v) is 7.80. The largest absolute Gasteiger partial charge is 0.493 e. The van der Waals surface area contributed by atoms with Gasteiger partial charge in [0, 0.05) is 15.7 Å². The summed E-state index contributed by atoms with van der Waals surface area (Å²) >= 11 is 8.57. The number of esters is 1. The molecule has 0 heterocycles. The number of nitrogens with zero attached hydrogens (tertiary/aromatic N) is 1. The summed E-state index contributed by atoms with van der Waals surface area (Å²) in [4.78, 5) is 12.7. The number of ether oxygens (including phenoxy) is 3. The number of rotatable bonds is 7. The van der Waals surface area contributed by atoms with Crippen LogP contribution in [0.25, 0.3) is 0 Å². The fraction of sp³-hybridized carbons (Fsp3) is 0.0870. The Morgan fingerprint density at radius 2 is 1.70 bits per heavy atom. The molecule has 3 aromatic rings. The summed E-state index contributed by atoms with van der Waals surface area (Å²) in [5.74, 6) is 0.287. The predicted molar refractivity (Wildman–Crippen MR) is 132 cm³/mol. The third kappa shape index (κ3) is 6.74. The summed E-state index contributed by atoms with van der Waals surface area (Å²) in [6, 6.07) is 15.6. The second-order valence-electron chi connectivity index (χ2n) is 6.47. The molecule has 10 heteroatoms. The highest BCUT2D eigenvalue weighted by molar-refractivity contribution is 9.10. The van der Waals surface area contributed by atoms with Crippen molar-refractivity contribution < 1.29 is 23.4 Å². The van der Waals surface area contributed by atoms with Gasteiger partial charge in [-0.15, -0.1) is 0 Å². The van der Waals surface area contributed by atoms with Gasteiger partial charge in [0.25, 0.3) is 0 Å². The summed E-state index contributed by atoms with van der Waals surface area (Å²) in [7, 11) is 3.00. The van der Waals surface area contributed by atoms with Crippen molar-refractivity contribution in [1.82, 2.24) is 5.43 Å². The van der Waals surface area contributed by atoms with Crippen molar-refractivity contribution in [1.29, 1.82) is 0 Å². The molecule has 33 heavy (non-hydrogen) atoms. The molecule has 3 aromatic carbocycles. The van der Waals surface area contributed by atoms with Gasteiger partial charge >= 0.3 is 5.97 Å². The van der Waals surface area contributed by atoms with E-state index in [1.165, 1.54) is 38.6 Å². The second kappa shape index (κ2) is 11.4. The van der Waals surface area contributed by atoms with Gasteiger partial charge in [-0.3, -0.25) is 5.43 Å². The Kier molecular flexibility index (Phi) is 8.34. The van der Waals surface area contributed by atoms with Crippen molar-refractivity contribution in [3.8, 4) is 17.2 Å². The van der Waals surface area contributed by atoms with Gasteiger partial charge in [-0.05, 0) is 72.9 Å². The first-order chi connectivity index (χ1) is 15.9. The van der Waals surface area contributed by atoms with E-state index in [-0.39, 0.29) is 10.9 Å². The van der Waals surface area contributed by atoms with Crippen LogP contribution in [0.15, 0.2) is 70.2 Å². The van der Waals surface area contributed by atoms with Gasteiger partial charge in [-0.2, -0.15) is 5.10 Å². The zero-order valence-corrected chi connectivity index (χ0v) is 20.0. The number of hydrogen-bond donors (Lipinski definition) is 2. The summed E-state index contributed by atoms with van der Waals surface area (Å²) in [5.41, 5.74) is 4.09. The SMILES string of the molecule is COc1ccc(C(=O)Oc2ccc(Br)cc2/C=N/NC(=S)Nc2ccc(F)cc2)cc1OC.